The minimum Gasteiger partial charge on any atom is -0.459 e. The minimum atomic E-state index is -4.32. The lowest BCUT2D eigenvalue weighted by molar-refractivity contribution is 0.0372. The van der Waals surface area contributed by atoms with Crippen LogP contribution in [-0.4, -0.2) is 20.5 Å². The van der Waals surface area contributed by atoms with Gasteiger partial charge in [0.2, 0.25) is 10.0 Å². The topological polar surface area (TPSA) is 86.5 Å². The molecule has 0 aliphatic carbocycles. The first-order chi connectivity index (χ1) is 7.73. The van der Waals surface area contributed by atoms with Gasteiger partial charge in [-0.2, -0.15) is 0 Å². The Morgan fingerprint density at radius 2 is 2.00 bits per heavy atom. The zero-order valence-electron chi connectivity index (χ0n) is 9.31. The molecule has 1 rings (SSSR count). The van der Waals surface area contributed by atoms with Crippen LogP contribution in [0.25, 0.3) is 0 Å². The third kappa shape index (κ3) is 3.24. The number of primary sulfonamides is 1. The van der Waals surface area contributed by atoms with Crippen molar-refractivity contribution < 1.29 is 22.3 Å². The molecule has 17 heavy (non-hydrogen) atoms. The molecule has 1 aromatic rings. The molecule has 1 aromatic carbocycles. The molecule has 0 fully saturated rings. The second-order valence-corrected chi connectivity index (χ2v) is 5.11. The molecule has 0 saturated heterocycles. The number of benzene rings is 1. The van der Waals surface area contributed by atoms with Crippen LogP contribution in [0.4, 0.5) is 4.39 Å². The predicted molar refractivity (Wildman–Crippen MR) is 58.3 cm³/mol. The lowest BCUT2D eigenvalue weighted by Gasteiger charge is -2.10. The number of ether oxygens (including phenoxy) is 1. The molecule has 94 valence electrons. The van der Waals surface area contributed by atoms with E-state index in [4.69, 9.17) is 9.88 Å². The van der Waals surface area contributed by atoms with Gasteiger partial charge < -0.3 is 4.74 Å². The van der Waals surface area contributed by atoms with Crippen LogP contribution < -0.4 is 5.14 Å². The maximum atomic E-state index is 13.4. The maximum Gasteiger partial charge on any atom is 0.339 e. The van der Waals surface area contributed by atoms with Gasteiger partial charge in [0.1, 0.15) is 10.7 Å². The van der Waals surface area contributed by atoms with Crippen molar-refractivity contribution in [1.82, 2.24) is 0 Å². The summed E-state index contributed by atoms with van der Waals surface area (Å²) in [7, 11) is -4.32. The van der Waals surface area contributed by atoms with Crippen LogP contribution in [0.5, 0.6) is 0 Å². The van der Waals surface area contributed by atoms with Crippen molar-refractivity contribution in [3.8, 4) is 0 Å². The third-order valence-electron chi connectivity index (χ3n) is 1.81. The summed E-state index contributed by atoms with van der Waals surface area (Å²) in [4.78, 5) is 10.7. The van der Waals surface area contributed by atoms with E-state index in [1.54, 1.807) is 13.8 Å². The standard InChI is InChI=1S/C10H12FNO4S/c1-6(2)16-10(13)7-4-3-5-8(11)9(7)17(12,14)15/h3-6H,1-2H3,(H2,12,14,15). The molecule has 0 saturated carbocycles. The molecular formula is C10H12FNO4S. The highest BCUT2D eigenvalue weighted by atomic mass is 32.2. The summed E-state index contributed by atoms with van der Waals surface area (Å²) in [6, 6.07) is 3.26. The average Bonchev–Trinajstić information content (AvgIpc) is 2.14. The highest BCUT2D eigenvalue weighted by Crippen LogP contribution is 2.19. The summed E-state index contributed by atoms with van der Waals surface area (Å²) < 4.78 is 40.6. The number of rotatable bonds is 3. The van der Waals surface area contributed by atoms with E-state index in [-0.39, 0.29) is 0 Å². The van der Waals surface area contributed by atoms with Crippen molar-refractivity contribution in [2.75, 3.05) is 0 Å². The molecule has 2 N–H and O–H groups in total. The first-order valence-corrected chi connectivity index (χ1v) is 6.30. The molecule has 0 unspecified atom stereocenters. The van der Waals surface area contributed by atoms with Gasteiger partial charge in [-0.1, -0.05) is 6.07 Å². The van der Waals surface area contributed by atoms with Gasteiger partial charge in [-0.15, -0.1) is 0 Å². The van der Waals surface area contributed by atoms with E-state index >= 15 is 0 Å². The number of hydrogen-bond acceptors (Lipinski definition) is 4. The summed E-state index contributed by atoms with van der Waals surface area (Å²) in [6.45, 7) is 3.18. The Hall–Kier alpha value is -1.47. The smallest absolute Gasteiger partial charge is 0.339 e. The van der Waals surface area contributed by atoms with Crippen molar-refractivity contribution in [1.29, 1.82) is 0 Å². The van der Waals surface area contributed by atoms with Gasteiger partial charge >= 0.3 is 5.97 Å². The Morgan fingerprint density at radius 3 is 2.47 bits per heavy atom. The molecule has 0 amide bonds. The highest BCUT2D eigenvalue weighted by Gasteiger charge is 2.24. The molecule has 0 aromatic heterocycles. The number of carbonyl (C=O) groups is 1. The molecule has 0 bridgehead atoms. The molecular weight excluding hydrogens is 249 g/mol. The molecule has 0 aliphatic rings. The van der Waals surface area contributed by atoms with Crippen LogP contribution in [0.3, 0.4) is 0 Å². The highest BCUT2D eigenvalue weighted by molar-refractivity contribution is 7.89. The van der Waals surface area contributed by atoms with Crippen LogP contribution in [0, 0.1) is 5.82 Å². The van der Waals surface area contributed by atoms with Crippen molar-refractivity contribution in [3.05, 3.63) is 29.6 Å². The number of carbonyl (C=O) groups excluding carboxylic acids is 1. The van der Waals surface area contributed by atoms with Crippen LogP contribution in [0.2, 0.25) is 0 Å². The van der Waals surface area contributed by atoms with Gasteiger partial charge in [0.25, 0.3) is 0 Å². The van der Waals surface area contributed by atoms with E-state index in [2.05, 4.69) is 0 Å². The minimum absolute atomic E-state index is 0.402. The Kier molecular flexibility index (Phi) is 3.84. The second-order valence-electron chi connectivity index (χ2n) is 3.62. The van der Waals surface area contributed by atoms with E-state index < -0.39 is 38.4 Å². The first-order valence-electron chi connectivity index (χ1n) is 4.75. The van der Waals surface area contributed by atoms with Crippen molar-refractivity contribution in [2.24, 2.45) is 5.14 Å². The number of esters is 1. The van der Waals surface area contributed by atoms with Crippen molar-refractivity contribution in [2.45, 2.75) is 24.8 Å². The zero-order chi connectivity index (χ0) is 13.2. The fourth-order valence-electron chi connectivity index (χ4n) is 1.24. The lowest BCUT2D eigenvalue weighted by Crippen LogP contribution is -2.21. The molecule has 7 heteroatoms. The fraction of sp³-hybridized carbons (Fsp3) is 0.300. The fourth-order valence-corrected chi connectivity index (χ4v) is 2.03. The summed E-state index contributed by atoms with van der Waals surface area (Å²) in [5.74, 6) is -2.01. The zero-order valence-corrected chi connectivity index (χ0v) is 10.1. The normalized spacial score (nSPS) is 11.6. The van der Waals surface area contributed by atoms with Crippen molar-refractivity contribution in [3.63, 3.8) is 0 Å². The van der Waals surface area contributed by atoms with Gasteiger partial charge in [-0.3, -0.25) is 0 Å². The quantitative estimate of drug-likeness (QED) is 0.823. The Balaban J connectivity index is 3.35. The van der Waals surface area contributed by atoms with Gasteiger partial charge in [0.05, 0.1) is 11.7 Å². The number of halogens is 1. The van der Waals surface area contributed by atoms with Gasteiger partial charge in [-0.05, 0) is 26.0 Å². The molecule has 0 atom stereocenters. The summed E-state index contributed by atoms with van der Waals surface area (Å²) in [6.07, 6.45) is -0.445. The van der Waals surface area contributed by atoms with Gasteiger partial charge in [-0.25, -0.2) is 22.7 Å². The molecule has 0 spiro atoms. The van der Waals surface area contributed by atoms with E-state index in [0.29, 0.717) is 0 Å². The molecule has 0 radical (unpaired) electrons. The molecule has 0 aliphatic heterocycles. The number of nitrogens with two attached hydrogens (primary N) is 1. The average molecular weight is 261 g/mol. The molecule has 5 nitrogen and oxygen atoms in total. The van der Waals surface area contributed by atoms with E-state index in [0.717, 1.165) is 12.1 Å². The Morgan fingerprint density at radius 1 is 1.41 bits per heavy atom. The molecule has 0 heterocycles. The van der Waals surface area contributed by atoms with Crippen LogP contribution in [-0.2, 0) is 14.8 Å². The second kappa shape index (κ2) is 4.80. The SMILES string of the molecule is CC(C)OC(=O)c1cccc(F)c1S(N)(=O)=O. The lowest BCUT2D eigenvalue weighted by atomic mass is 10.2. The van der Waals surface area contributed by atoms with Gasteiger partial charge in [0, 0.05) is 0 Å². The summed E-state index contributed by atoms with van der Waals surface area (Å²) in [5.41, 5.74) is -0.402. The van der Waals surface area contributed by atoms with E-state index in [1.807, 2.05) is 0 Å². The predicted octanol–water partition coefficient (Wildman–Crippen LogP) is 1.04. The third-order valence-corrected chi connectivity index (χ3v) is 2.80. The Bertz CT molecular complexity index is 539. The van der Waals surface area contributed by atoms with Crippen LogP contribution >= 0.6 is 0 Å². The summed E-state index contributed by atoms with van der Waals surface area (Å²) >= 11 is 0. The van der Waals surface area contributed by atoms with E-state index in [9.17, 15) is 17.6 Å². The van der Waals surface area contributed by atoms with Crippen LogP contribution in [0.15, 0.2) is 23.1 Å². The van der Waals surface area contributed by atoms with Crippen molar-refractivity contribution >= 4 is 16.0 Å². The largest absolute Gasteiger partial charge is 0.459 e. The maximum absolute atomic E-state index is 13.4. The van der Waals surface area contributed by atoms with Gasteiger partial charge in [0.15, 0.2) is 0 Å². The Labute approximate surface area is 98.4 Å². The van der Waals surface area contributed by atoms with E-state index in [1.165, 1.54) is 6.07 Å². The summed E-state index contributed by atoms with van der Waals surface area (Å²) in [5, 5.41) is 4.85. The van der Waals surface area contributed by atoms with Crippen LogP contribution in [0.1, 0.15) is 24.2 Å². The first kappa shape index (κ1) is 13.6. The number of sulfonamides is 1. The monoisotopic (exact) mass is 261 g/mol. The number of hydrogen-bond donors (Lipinski definition) is 1.